The van der Waals surface area contributed by atoms with E-state index in [4.69, 9.17) is 9.47 Å². The van der Waals surface area contributed by atoms with Crippen LogP contribution in [0, 0.1) is 17.7 Å². The van der Waals surface area contributed by atoms with Crippen molar-refractivity contribution in [3.8, 4) is 5.88 Å². The van der Waals surface area contributed by atoms with E-state index in [1.54, 1.807) is 7.11 Å². The Labute approximate surface area is 145 Å². The number of hydrogen-bond acceptors (Lipinski definition) is 6. The standard InChI is InChI=1S/C17H22FN5O2/c1-24-9-14-19-16(22-21-14)12-8-23(7-11(12)10-3-4-10)17-13(18)5-6-15(20-17)25-2/h5-6,10-12H,3-4,7-9H2,1-2H3,(H,19,21,22)/t11-,12+/m1/s1. The van der Waals surface area contributed by atoms with E-state index in [0.29, 0.717) is 36.7 Å². The minimum atomic E-state index is -0.328. The first-order chi connectivity index (χ1) is 12.2. The molecule has 2 aromatic rings. The van der Waals surface area contributed by atoms with Gasteiger partial charge in [0.05, 0.1) is 7.11 Å². The van der Waals surface area contributed by atoms with Gasteiger partial charge in [-0.1, -0.05) is 0 Å². The maximum atomic E-state index is 14.3. The lowest BCUT2D eigenvalue weighted by Crippen LogP contribution is -2.22. The van der Waals surface area contributed by atoms with E-state index in [0.717, 1.165) is 18.2 Å². The Hall–Kier alpha value is -2.22. The fraction of sp³-hybridized carbons (Fsp3) is 0.588. The van der Waals surface area contributed by atoms with Crippen molar-refractivity contribution in [2.75, 3.05) is 32.2 Å². The lowest BCUT2D eigenvalue weighted by atomic mass is 9.91. The molecule has 1 N–H and O–H groups in total. The second-order valence-electron chi connectivity index (χ2n) is 6.75. The molecule has 2 aliphatic rings. The van der Waals surface area contributed by atoms with Gasteiger partial charge in [-0.15, -0.1) is 0 Å². The number of nitrogens with zero attached hydrogens (tertiary/aromatic N) is 4. The SMILES string of the molecule is COCc1nc([C@H]2CN(c3nc(OC)ccc3F)C[C@@H]2C2CC2)n[nH]1. The van der Waals surface area contributed by atoms with Gasteiger partial charge in [0.2, 0.25) is 5.88 Å². The lowest BCUT2D eigenvalue weighted by Gasteiger charge is -2.18. The van der Waals surface area contributed by atoms with Gasteiger partial charge in [0, 0.05) is 32.2 Å². The minimum Gasteiger partial charge on any atom is -0.481 e. The number of methoxy groups -OCH3 is 2. The molecule has 0 radical (unpaired) electrons. The van der Waals surface area contributed by atoms with Crippen molar-refractivity contribution in [1.82, 2.24) is 20.2 Å². The van der Waals surface area contributed by atoms with Crippen LogP contribution in [-0.2, 0) is 11.3 Å². The quantitative estimate of drug-likeness (QED) is 0.863. The zero-order valence-electron chi connectivity index (χ0n) is 14.4. The van der Waals surface area contributed by atoms with E-state index in [2.05, 4.69) is 20.2 Å². The van der Waals surface area contributed by atoms with Gasteiger partial charge in [-0.3, -0.25) is 5.10 Å². The number of aromatic nitrogens is 4. The highest BCUT2D eigenvalue weighted by Crippen LogP contribution is 2.47. The van der Waals surface area contributed by atoms with E-state index in [1.807, 2.05) is 4.90 Å². The summed E-state index contributed by atoms with van der Waals surface area (Å²) in [6.45, 7) is 1.83. The van der Waals surface area contributed by atoms with Crippen LogP contribution in [-0.4, -0.2) is 47.5 Å². The summed E-state index contributed by atoms with van der Waals surface area (Å²) in [6.07, 6.45) is 2.44. The molecule has 0 aromatic carbocycles. The summed E-state index contributed by atoms with van der Waals surface area (Å²) in [5.74, 6) is 3.19. The highest BCUT2D eigenvalue weighted by molar-refractivity contribution is 5.45. The maximum Gasteiger partial charge on any atom is 0.215 e. The van der Waals surface area contributed by atoms with E-state index in [-0.39, 0.29) is 11.7 Å². The van der Waals surface area contributed by atoms with Crippen LogP contribution in [0.5, 0.6) is 5.88 Å². The third-order valence-corrected chi connectivity index (χ3v) is 5.06. The molecule has 8 heteroatoms. The van der Waals surface area contributed by atoms with Crippen molar-refractivity contribution in [3.63, 3.8) is 0 Å². The summed E-state index contributed by atoms with van der Waals surface area (Å²) in [6, 6.07) is 2.95. The summed E-state index contributed by atoms with van der Waals surface area (Å²) in [7, 11) is 3.17. The number of pyridine rings is 1. The molecule has 134 valence electrons. The van der Waals surface area contributed by atoms with Gasteiger partial charge in [-0.25, -0.2) is 9.37 Å². The van der Waals surface area contributed by atoms with Gasteiger partial charge in [-0.2, -0.15) is 10.1 Å². The van der Waals surface area contributed by atoms with Gasteiger partial charge in [-0.05, 0) is 30.7 Å². The van der Waals surface area contributed by atoms with Gasteiger partial charge >= 0.3 is 0 Å². The zero-order chi connectivity index (χ0) is 17.4. The number of H-pyrrole nitrogens is 1. The molecule has 1 aliphatic carbocycles. The van der Waals surface area contributed by atoms with Crippen LogP contribution in [0.15, 0.2) is 12.1 Å². The molecule has 0 unspecified atom stereocenters. The predicted octanol–water partition coefficient (Wildman–Crippen LogP) is 2.12. The number of ether oxygens (including phenoxy) is 2. The molecule has 7 nitrogen and oxygen atoms in total. The molecule has 4 rings (SSSR count). The number of hydrogen-bond donors (Lipinski definition) is 1. The van der Waals surface area contributed by atoms with Crippen LogP contribution in [0.2, 0.25) is 0 Å². The smallest absolute Gasteiger partial charge is 0.215 e. The molecule has 25 heavy (non-hydrogen) atoms. The highest BCUT2D eigenvalue weighted by atomic mass is 19.1. The molecule has 1 aliphatic heterocycles. The molecule has 1 saturated heterocycles. The van der Waals surface area contributed by atoms with Crippen molar-refractivity contribution < 1.29 is 13.9 Å². The average Bonchev–Trinajstić information content (AvgIpc) is 3.20. The van der Waals surface area contributed by atoms with Crippen LogP contribution < -0.4 is 9.64 Å². The molecule has 3 heterocycles. The second kappa shape index (κ2) is 6.59. The Morgan fingerprint density at radius 3 is 2.80 bits per heavy atom. The number of aromatic amines is 1. The van der Waals surface area contributed by atoms with Gasteiger partial charge in [0.25, 0.3) is 0 Å². The fourth-order valence-corrected chi connectivity index (χ4v) is 3.70. The maximum absolute atomic E-state index is 14.3. The number of halogens is 1. The topological polar surface area (TPSA) is 76.2 Å². The Morgan fingerprint density at radius 2 is 2.08 bits per heavy atom. The van der Waals surface area contributed by atoms with Crippen molar-refractivity contribution in [2.45, 2.75) is 25.4 Å². The van der Waals surface area contributed by atoms with Crippen molar-refractivity contribution in [3.05, 3.63) is 29.6 Å². The van der Waals surface area contributed by atoms with E-state index >= 15 is 0 Å². The largest absolute Gasteiger partial charge is 0.481 e. The van der Waals surface area contributed by atoms with Crippen LogP contribution >= 0.6 is 0 Å². The zero-order valence-corrected chi connectivity index (χ0v) is 14.4. The van der Waals surface area contributed by atoms with Gasteiger partial charge in [0.15, 0.2) is 23.3 Å². The fourth-order valence-electron chi connectivity index (χ4n) is 3.70. The second-order valence-corrected chi connectivity index (χ2v) is 6.75. The highest BCUT2D eigenvalue weighted by Gasteiger charge is 2.45. The average molecular weight is 347 g/mol. The Morgan fingerprint density at radius 1 is 1.24 bits per heavy atom. The third kappa shape index (κ3) is 3.18. The predicted molar refractivity (Wildman–Crippen MR) is 89.0 cm³/mol. The van der Waals surface area contributed by atoms with Crippen molar-refractivity contribution in [1.29, 1.82) is 0 Å². The van der Waals surface area contributed by atoms with Gasteiger partial charge in [0.1, 0.15) is 6.61 Å². The minimum absolute atomic E-state index is 0.168. The molecular formula is C17H22FN5O2. The van der Waals surface area contributed by atoms with Crippen molar-refractivity contribution >= 4 is 5.82 Å². The summed E-state index contributed by atoms with van der Waals surface area (Å²) >= 11 is 0. The summed E-state index contributed by atoms with van der Waals surface area (Å²) in [5.41, 5.74) is 0. The molecule has 1 saturated carbocycles. The van der Waals surface area contributed by atoms with Crippen LogP contribution in [0.4, 0.5) is 10.2 Å². The Balaban J connectivity index is 1.60. The lowest BCUT2D eigenvalue weighted by molar-refractivity contribution is 0.178. The third-order valence-electron chi connectivity index (χ3n) is 5.06. The number of nitrogens with one attached hydrogen (secondary N) is 1. The molecule has 2 fully saturated rings. The monoisotopic (exact) mass is 347 g/mol. The Bertz CT molecular complexity index is 748. The summed E-state index contributed by atoms with van der Waals surface area (Å²) in [4.78, 5) is 10.9. The van der Waals surface area contributed by atoms with Crippen LogP contribution in [0.1, 0.15) is 30.4 Å². The molecule has 2 atom stereocenters. The van der Waals surface area contributed by atoms with Crippen LogP contribution in [0.25, 0.3) is 0 Å². The summed E-state index contributed by atoms with van der Waals surface area (Å²) in [5, 5.41) is 7.31. The van der Waals surface area contributed by atoms with Crippen molar-refractivity contribution in [2.24, 2.45) is 11.8 Å². The molecular weight excluding hydrogens is 325 g/mol. The first kappa shape index (κ1) is 16.3. The molecule has 2 aromatic heterocycles. The summed E-state index contributed by atoms with van der Waals surface area (Å²) < 4.78 is 24.6. The number of rotatable bonds is 6. The number of anilines is 1. The molecule has 0 spiro atoms. The molecule has 0 bridgehead atoms. The van der Waals surface area contributed by atoms with E-state index < -0.39 is 0 Å². The Kier molecular flexibility index (Phi) is 4.29. The first-order valence-corrected chi connectivity index (χ1v) is 8.55. The molecule has 0 amide bonds. The van der Waals surface area contributed by atoms with E-state index in [9.17, 15) is 4.39 Å². The van der Waals surface area contributed by atoms with Gasteiger partial charge < -0.3 is 14.4 Å². The van der Waals surface area contributed by atoms with Crippen LogP contribution in [0.3, 0.4) is 0 Å². The van der Waals surface area contributed by atoms with E-state index in [1.165, 1.54) is 32.1 Å². The first-order valence-electron chi connectivity index (χ1n) is 8.55. The normalized spacial score (nSPS) is 23.2.